The third-order valence-electron chi connectivity index (χ3n) is 5.88. The Bertz CT molecular complexity index is 809. The van der Waals surface area contributed by atoms with Crippen LogP contribution in [0.25, 0.3) is 0 Å². The van der Waals surface area contributed by atoms with Gasteiger partial charge in [-0.3, -0.25) is 14.5 Å². The first kappa shape index (κ1) is 18.1. The molecule has 2 amide bonds. The molecule has 1 aromatic carbocycles. The quantitative estimate of drug-likeness (QED) is 0.798. The number of anilines is 1. The number of carbonyl (C=O) groups is 3. The van der Waals surface area contributed by atoms with Crippen LogP contribution in [0.5, 0.6) is 0 Å². The van der Waals surface area contributed by atoms with Crippen molar-refractivity contribution >= 4 is 35.3 Å². The minimum Gasteiger partial charge on any atom is -0.481 e. The molecule has 8 heteroatoms. The molecular weight excluding hydrogens is 372 g/mol. The van der Waals surface area contributed by atoms with Crippen LogP contribution in [-0.2, 0) is 9.59 Å². The van der Waals surface area contributed by atoms with Crippen molar-refractivity contribution in [1.29, 1.82) is 0 Å². The summed E-state index contributed by atoms with van der Waals surface area (Å²) in [6, 6.07) is 4.90. The van der Waals surface area contributed by atoms with Gasteiger partial charge in [-0.2, -0.15) is 0 Å². The highest BCUT2D eigenvalue weighted by atomic mass is 35.5. The van der Waals surface area contributed by atoms with E-state index >= 15 is 0 Å². The fourth-order valence-electron chi connectivity index (χ4n) is 4.46. The van der Waals surface area contributed by atoms with Crippen LogP contribution in [0.1, 0.15) is 50.1 Å². The monoisotopic (exact) mass is 392 g/mol. The number of rotatable bonds is 5. The third-order valence-corrected chi connectivity index (χ3v) is 6.12. The summed E-state index contributed by atoms with van der Waals surface area (Å²) >= 11 is 6.13. The predicted octanol–water partition coefficient (Wildman–Crippen LogP) is 3.51. The molecule has 1 heterocycles. The lowest BCUT2D eigenvalue weighted by Gasteiger charge is -2.54. The summed E-state index contributed by atoms with van der Waals surface area (Å²) in [7, 11) is 0. The van der Waals surface area contributed by atoms with Crippen molar-refractivity contribution in [3.05, 3.63) is 28.8 Å². The maximum atomic E-state index is 12.9. The minimum atomic E-state index is -1.01. The SMILES string of the molecule is O=C(O)CCC(=O)N(C1CC1)C1c2ccc(Cl)cc2N(C(=O)O)[C@@H]2CC[C@@H]12. The zero-order valence-electron chi connectivity index (χ0n) is 14.7. The molecule has 2 aliphatic carbocycles. The zero-order chi connectivity index (χ0) is 19.3. The number of hydrogen-bond acceptors (Lipinski definition) is 3. The minimum absolute atomic E-state index is 0.0316. The predicted molar refractivity (Wildman–Crippen MR) is 97.9 cm³/mol. The van der Waals surface area contributed by atoms with E-state index in [0.29, 0.717) is 10.7 Å². The summed E-state index contributed by atoms with van der Waals surface area (Å²) in [6.07, 6.45) is 2.15. The molecule has 3 aliphatic rings. The van der Waals surface area contributed by atoms with Crippen molar-refractivity contribution in [1.82, 2.24) is 4.90 Å². The van der Waals surface area contributed by atoms with Gasteiger partial charge in [-0.05, 0) is 43.4 Å². The van der Waals surface area contributed by atoms with E-state index in [1.54, 1.807) is 12.1 Å². The number of aliphatic carboxylic acids is 1. The van der Waals surface area contributed by atoms with Crippen LogP contribution in [0.4, 0.5) is 10.5 Å². The van der Waals surface area contributed by atoms with Crippen molar-refractivity contribution in [3.63, 3.8) is 0 Å². The molecule has 0 bridgehead atoms. The lowest BCUT2D eigenvalue weighted by molar-refractivity contribution is -0.143. The number of carboxylic acids is 1. The lowest BCUT2D eigenvalue weighted by Crippen LogP contribution is -2.59. The van der Waals surface area contributed by atoms with Crippen molar-refractivity contribution in [2.45, 2.75) is 56.7 Å². The van der Waals surface area contributed by atoms with Gasteiger partial charge >= 0.3 is 12.1 Å². The Morgan fingerprint density at radius 2 is 1.85 bits per heavy atom. The number of carbonyl (C=O) groups excluding carboxylic acids is 1. The molecule has 2 N–H and O–H groups in total. The van der Waals surface area contributed by atoms with E-state index in [1.165, 1.54) is 4.90 Å². The van der Waals surface area contributed by atoms with Gasteiger partial charge in [0.1, 0.15) is 0 Å². The van der Waals surface area contributed by atoms with E-state index in [9.17, 15) is 19.5 Å². The number of halogens is 1. The molecule has 3 atom stereocenters. The molecule has 7 nitrogen and oxygen atoms in total. The molecule has 0 spiro atoms. The normalized spacial score (nSPS) is 25.8. The van der Waals surface area contributed by atoms with E-state index in [4.69, 9.17) is 16.7 Å². The number of amides is 2. The number of fused-ring (bicyclic) bond motifs is 2. The molecular formula is C19H21ClN2O5. The van der Waals surface area contributed by atoms with Crippen LogP contribution in [0.3, 0.4) is 0 Å². The van der Waals surface area contributed by atoms with E-state index in [1.807, 2.05) is 11.0 Å². The Morgan fingerprint density at radius 3 is 2.41 bits per heavy atom. The smallest absolute Gasteiger partial charge is 0.412 e. The fourth-order valence-corrected chi connectivity index (χ4v) is 4.63. The highest BCUT2D eigenvalue weighted by Crippen LogP contribution is 2.54. The fraction of sp³-hybridized carbons (Fsp3) is 0.526. The molecule has 2 fully saturated rings. The maximum Gasteiger partial charge on any atom is 0.412 e. The summed E-state index contributed by atoms with van der Waals surface area (Å²) in [5.74, 6) is -1.13. The summed E-state index contributed by atoms with van der Waals surface area (Å²) in [6.45, 7) is 0. The second kappa shape index (κ2) is 6.71. The van der Waals surface area contributed by atoms with Gasteiger partial charge in [-0.25, -0.2) is 4.79 Å². The summed E-state index contributed by atoms with van der Waals surface area (Å²) in [4.78, 5) is 38.9. The maximum absolute atomic E-state index is 12.9. The van der Waals surface area contributed by atoms with Gasteiger partial charge in [0.2, 0.25) is 5.91 Å². The Morgan fingerprint density at radius 1 is 1.11 bits per heavy atom. The standard InChI is InChI=1S/C19H21ClN2O5/c20-10-1-4-13-15(9-10)22(19(26)27)14-6-5-12(14)18(13)21(11-2-3-11)16(23)7-8-17(24)25/h1,4,9,11-12,14,18H,2-3,5-8H2,(H,24,25)(H,26,27)/t12-,14-,18?/m1/s1. The van der Waals surface area contributed by atoms with Gasteiger partial charge in [-0.1, -0.05) is 17.7 Å². The van der Waals surface area contributed by atoms with Gasteiger partial charge in [0.05, 0.1) is 18.2 Å². The van der Waals surface area contributed by atoms with Crippen LogP contribution in [0, 0.1) is 5.92 Å². The Balaban J connectivity index is 1.74. The molecule has 0 saturated heterocycles. The van der Waals surface area contributed by atoms with Crippen LogP contribution in [-0.4, -0.2) is 45.2 Å². The van der Waals surface area contributed by atoms with Gasteiger partial charge in [-0.15, -0.1) is 0 Å². The second-order valence-corrected chi connectivity index (χ2v) is 7.97. The van der Waals surface area contributed by atoms with E-state index < -0.39 is 12.1 Å². The van der Waals surface area contributed by atoms with Crippen molar-refractivity contribution < 1.29 is 24.6 Å². The third kappa shape index (κ3) is 3.14. The average Bonchev–Trinajstić information content (AvgIpc) is 3.39. The Labute approximate surface area is 161 Å². The van der Waals surface area contributed by atoms with Crippen LogP contribution in [0.2, 0.25) is 5.02 Å². The Kier molecular flexibility index (Phi) is 4.50. The van der Waals surface area contributed by atoms with E-state index in [-0.39, 0.29) is 42.8 Å². The second-order valence-electron chi connectivity index (χ2n) is 7.54. The van der Waals surface area contributed by atoms with E-state index in [0.717, 1.165) is 31.2 Å². The molecule has 0 aromatic heterocycles. The van der Waals surface area contributed by atoms with Crippen LogP contribution in [0.15, 0.2) is 18.2 Å². The highest BCUT2D eigenvalue weighted by molar-refractivity contribution is 6.31. The number of benzene rings is 1. The number of carboxylic acid groups (broad SMARTS) is 2. The molecule has 1 aliphatic heterocycles. The van der Waals surface area contributed by atoms with Gasteiger partial charge < -0.3 is 15.1 Å². The van der Waals surface area contributed by atoms with E-state index in [2.05, 4.69) is 0 Å². The zero-order valence-corrected chi connectivity index (χ0v) is 15.4. The molecule has 1 unspecified atom stereocenters. The summed E-state index contributed by atoms with van der Waals surface area (Å²) in [5.41, 5.74) is 1.33. The summed E-state index contributed by atoms with van der Waals surface area (Å²) in [5, 5.41) is 19.1. The molecule has 144 valence electrons. The molecule has 0 radical (unpaired) electrons. The number of nitrogens with zero attached hydrogens (tertiary/aromatic N) is 2. The van der Waals surface area contributed by atoms with Crippen molar-refractivity contribution in [2.75, 3.05) is 4.90 Å². The molecule has 1 aromatic rings. The van der Waals surface area contributed by atoms with Crippen LogP contribution < -0.4 is 4.90 Å². The first-order valence-corrected chi connectivity index (χ1v) is 9.61. The molecule has 4 rings (SSSR count). The summed E-state index contributed by atoms with van der Waals surface area (Å²) < 4.78 is 0. The average molecular weight is 393 g/mol. The number of hydrogen-bond donors (Lipinski definition) is 2. The van der Waals surface area contributed by atoms with Gasteiger partial charge in [0.15, 0.2) is 0 Å². The largest absolute Gasteiger partial charge is 0.481 e. The first-order valence-electron chi connectivity index (χ1n) is 9.23. The molecule has 2 saturated carbocycles. The molecule has 27 heavy (non-hydrogen) atoms. The first-order chi connectivity index (χ1) is 12.9. The van der Waals surface area contributed by atoms with Gasteiger partial charge in [0.25, 0.3) is 0 Å². The Hall–Kier alpha value is -2.28. The highest BCUT2D eigenvalue weighted by Gasteiger charge is 2.53. The topological polar surface area (TPSA) is 98.2 Å². The lowest BCUT2D eigenvalue weighted by atomic mass is 9.68. The van der Waals surface area contributed by atoms with Crippen molar-refractivity contribution in [3.8, 4) is 0 Å². The van der Waals surface area contributed by atoms with Crippen molar-refractivity contribution in [2.24, 2.45) is 5.92 Å². The van der Waals surface area contributed by atoms with Crippen LogP contribution >= 0.6 is 11.6 Å². The van der Waals surface area contributed by atoms with Gasteiger partial charge in [0, 0.05) is 29.4 Å².